The maximum atomic E-state index is 12.3. The zero-order chi connectivity index (χ0) is 18.2. The van der Waals surface area contributed by atoms with E-state index in [4.69, 9.17) is 9.47 Å². The summed E-state index contributed by atoms with van der Waals surface area (Å²) >= 11 is 0. The van der Waals surface area contributed by atoms with Crippen LogP contribution in [0, 0.1) is 5.92 Å². The summed E-state index contributed by atoms with van der Waals surface area (Å²) in [6.07, 6.45) is 5.57. The van der Waals surface area contributed by atoms with Crippen molar-refractivity contribution in [2.75, 3.05) is 0 Å². The Morgan fingerprint density at radius 2 is 1.88 bits per heavy atom. The van der Waals surface area contributed by atoms with Gasteiger partial charge < -0.3 is 14.8 Å². The van der Waals surface area contributed by atoms with Gasteiger partial charge in [0, 0.05) is 18.4 Å². The molecule has 2 rings (SSSR count). The Balaban J connectivity index is 1.98. The molecule has 0 aliphatic heterocycles. The molecule has 1 aliphatic rings. The van der Waals surface area contributed by atoms with E-state index < -0.39 is 18.2 Å². The van der Waals surface area contributed by atoms with Crippen LogP contribution in [-0.2, 0) is 20.7 Å². The molecule has 0 saturated heterocycles. The number of carbonyl (C=O) groups excluding carboxylic acids is 2. The van der Waals surface area contributed by atoms with Gasteiger partial charge in [0.2, 0.25) is 6.10 Å². The van der Waals surface area contributed by atoms with Gasteiger partial charge in [-0.2, -0.15) is 0 Å². The van der Waals surface area contributed by atoms with Gasteiger partial charge in [-0.25, -0.2) is 19.6 Å². The Morgan fingerprint density at radius 1 is 1.20 bits per heavy atom. The summed E-state index contributed by atoms with van der Waals surface area (Å²) in [5.41, 5.74) is 0. The quantitative estimate of drug-likeness (QED) is 0.794. The highest BCUT2D eigenvalue weighted by molar-refractivity contribution is 5.79. The standard InChI is InChI=1S/C18H27N3O4/c1-12(2)24-17(22)15(11-16-19-9-6-10-20-16)25-18(23)21-14-8-5-4-7-13(14)3/h6,9-10,12-15H,4-5,7-8,11H2,1-3H3,(H,21,23)/t13-,14-,15?/m0/s1. The fourth-order valence-corrected chi connectivity index (χ4v) is 2.93. The normalized spacial score (nSPS) is 21.4. The number of alkyl carbamates (subject to hydrolysis) is 1. The molecule has 1 aromatic heterocycles. The molecule has 7 nitrogen and oxygen atoms in total. The maximum Gasteiger partial charge on any atom is 0.408 e. The van der Waals surface area contributed by atoms with Gasteiger partial charge in [0.1, 0.15) is 5.82 Å². The van der Waals surface area contributed by atoms with Gasteiger partial charge in [-0.05, 0) is 38.7 Å². The van der Waals surface area contributed by atoms with Gasteiger partial charge in [-0.15, -0.1) is 0 Å². The topological polar surface area (TPSA) is 90.4 Å². The molecule has 0 radical (unpaired) electrons. The van der Waals surface area contributed by atoms with Crippen molar-refractivity contribution in [1.29, 1.82) is 0 Å². The summed E-state index contributed by atoms with van der Waals surface area (Å²) in [5, 5.41) is 2.88. The molecule has 1 heterocycles. The minimum absolute atomic E-state index is 0.0796. The van der Waals surface area contributed by atoms with E-state index in [0.29, 0.717) is 11.7 Å². The lowest BCUT2D eigenvalue weighted by Gasteiger charge is -2.29. The molecule has 1 fully saturated rings. The lowest BCUT2D eigenvalue weighted by atomic mass is 9.86. The first-order valence-electron chi connectivity index (χ1n) is 8.89. The molecular formula is C18H27N3O4. The largest absolute Gasteiger partial charge is 0.460 e. The number of esters is 1. The summed E-state index contributed by atoms with van der Waals surface area (Å²) in [6, 6.07) is 1.76. The van der Waals surface area contributed by atoms with Crippen molar-refractivity contribution in [1.82, 2.24) is 15.3 Å². The van der Waals surface area contributed by atoms with Crippen molar-refractivity contribution in [3.05, 3.63) is 24.3 Å². The SMILES string of the molecule is CC(C)OC(=O)C(Cc1ncccn1)OC(=O)N[C@H]1CCCC[C@@H]1C. The number of hydrogen-bond acceptors (Lipinski definition) is 6. The second-order valence-electron chi connectivity index (χ2n) is 6.76. The molecule has 0 aromatic carbocycles. The predicted molar refractivity (Wildman–Crippen MR) is 91.8 cm³/mol. The van der Waals surface area contributed by atoms with Crippen LogP contribution in [0.1, 0.15) is 52.3 Å². The Hall–Kier alpha value is -2.18. The molecule has 138 valence electrons. The highest BCUT2D eigenvalue weighted by Gasteiger charge is 2.29. The summed E-state index contributed by atoms with van der Waals surface area (Å²) in [4.78, 5) is 32.7. The Kier molecular flexibility index (Phi) is 7.16. The van der Waals surface area contributed by atoms with Crippen LogP contribution in [0.3, 0.4) is 0 Å². The van der Waals surface area contributed by atoms with Crippen molar-refractivity contribution in [2.24, 2.45) is 5.92 Å². The Bertz CT molecular complexity index is 565. The van der Waals surface area contributed by atoms with Gasteiger partial charge in [0.25, 0.3) is 0 Å². The molecule has 1 aliphatic carbocycles. The number of nitrogens with one attached hydrogen (secondary N) is 1. The van der Waals surface area contributed by atoms with Crippen LogP contribution in [0.15, 0.2) is 18.5 Å². The molecular weight excluding hydrogens is 322 g/mol. The monoisotopic (exact) mass is 349 g/mol. The second kappa shape index (κ2) is 9.34. The van der Waals surface area contributed by atoms with Crippen LogP contribution in [0.2, 0.25) is 0 Å². The zero-order valence-electron chi connectivity index (χ0n) is 15.1. The van der Waals surface area contributed by atoms with E-state index >= 15 is 0 Å². The molecule has 0 spiro atoms. The van der Waals surface area contributed by atoms with Crippen molar-refractivity contribution in [3.63, 3.8) is 0 Å². The molecule has 0 bridgehead atoms. The average Bonchev–Trinajstić information content (AvgIpc) is 2.56. The summed E-state index contributed by atoms with van der Waals surface area (Å²) < 4.78 is 10.6. The molecule has 1 unspecified atom stereocenters. The highest BCUT2D eigenvalue weighted by atomic mass is 16.6. The van der Waals surface area contributed by atoms with Crippen LogP contribution in [-0.4, -0.2) is 40.3 Å². The number of amides is 1. The van der Waals surface area contributed by atoms with Crippen molar-refractivity contribution < 1.29 is 19.1 Å². The van der Waals surface area contributed by atoms with Crippen molar-refractivity contribution in [3.8, 4) is 0 Å². The molecule has 1 saturated carbocycles. The van der Waals surface area contributed by atoms with Crippen LogP contribution < -0.4 is 5.32 Å². The van der Waals surface area contributed by atoms with Crippen LogP contribution in [0.25, 0.3) is 0 Å². The number of nitrogens with zero attached hydrogens (tertiary/aromatic N) is 2. The predicted octanol–water partition coefficient (Wildman–Crippen LogP) is 2.64. The molecule has 1 amide bonds. The van der Waals surface area contributed by atoms with E-state index in [9.17, 15) is 9.59 Å². The van der Waals surface area contributed by atoms with Crippen molar-refractivity contribution in [2.45, 2.75) is 71.1 Å². The van der Waals surface area contributed by atoms with Crippen LogP contribution in [0.5, 0.6) is 0 Å². The third kappa shape index (κ3) is 6.32. The van der Waals surface area contributed by atoms with E-state index in [-0.39, 0.29) is 18.6 Å². The maximum absolute atomic E-state index is 12.3. The van der Waals surface area contributed by atoms with Gasteiger partial charge in [0.15, 0.2) is 0 Å². The van der Waals surface area contributed by atoms with E-state index in [1.54, 1.807) is 32.3 Å². The number of rotatable bonds is 6. The summed E-state index contributed by atoms with van der Waals surface area (Å²) in [6.45, 7) is 5.61. The van der Waals surface area contributed by atoms with Crippen LogP contribution in [0.4, 0.5) is 4.79 Å². The molecule has 25 heavy (non-hydrogen) atoms. The fraction of sp³-hybridized carbons (Fsp3) is 0.667. The van der Waals surface area contributed by atoms with Gasteiger partial charge in [-0.1, -0.05) is 19.8 Å². The van der Waals surface area contributed by atoms with Gasteiger partial charge in [-0.3, -0.25) is 0 Å². The number of hydrogen-bond donors (Lipinski definition) is 1. The van der Waals surface area contributed by atoms with E-state index in [0.717, 1.165) is 19.3 Å². The number of aromatic nitrogens is 2. The summed E-state index contributed by atoms with van der Waals surface area (Å²) in [7, 11) is 0. The second-order valence-corrected chi connectivity index (χ2v) is 6.76. The smallest absolute Gasteiger partial charge is 0.408 e. The van der Waals surface area contributed by atoms with Crippen LogP contribution >= 0.6 is 0 Å². The highest BCUT2D eigenvalue weighted by Crippen LogP contribution is 2.23. The zero-order valence-corrected chi connectivity index (χ0v) is 15.1. The molecule has 1 aromatic rings. The minimum atomic E-state index is -1.07. The van der Waals surface area contributed by atoms with Crippen molar-refractivity contribution >= 4 is 12.1 Å². The fourth-order valence-electron chi connectivity index (χ4n) is 2.93. The van der Waals surface area contributed by atoms with E-state index in [1.165, 1.54) is 6.42 Å². The van der Waals surface area contributed by atoms with Gasteiger partial charge >= 0.3 is 12.1 Å². The van der Waals surface area contributed by atoms with E-state index in [1.807, 2.05) is 0 Å². The Labute approximate surface area is 148 Å². The lowest BCUT2D eigenvalue weighted by Crippen LogP contribution is -2.44. The first-order valence-corrected chi connectivity index (χ1v) is 8.89. The lowest BCUT2D eigenvalue weighted by molar-refractivity contribution is -0.157. The Morgan fingerprint density at radius 3 is 2.52 bits per heavy atom. The third-order valence-corrected chi connectivity index (χ3v) is 4.27. The molecule has 1 N–H and O–H groups in total. The molecule has 3 atom stereocenters. The van der Waals surface area contributed by atoms with E-state index in [2.05, 4.69) is 22.2 Å². The number of ether oxygens (including phenoxy) is 2. The average molecular weight is 349 g/mol. The first-order chi connectivity index (χ1) is 12.0. The molecule has 7 heteroatoms. The minimum Gasteiger partial charge on any atom is -0.460 e. The van der Waals surface area contributed by atoms with Gasteiger partial charge in [0.05, 0.1) is 12.5 Å². The summed E-state index contributed by atoms with van der Waals surface area (Å²) in [5.74, 6) is 0.237. The third-order valence-electron chi connectivity index (χ3n) is 4.27. The number of carbonyl (C=O) groups is 2. The first kappa shape index (κ1) is 19.1.